The van der Waals surface area contributed by atoms with Crippen LogP contribution in [0.3, 0.4) is 0 Å². The van der Waals surface area contributed by atoms with Crippen molar-refractivity contribution in [2.24, 2.45) is 0 Å². The van der Waals surface area contributed by atoms with Gasteiger partial charge in [-0.1, -0.05) is 53.0 Å². The second-order valence-electron chi connectivity index (χ2n) is 7.52. The molecule has 0 aromatic heterocycles. The molecular formula is C25H17Cl3N2O4. The summed E-state index contributed by atoms with van der Waals surface area (Å²) in [6.45, 7) is 1.99. The van der Waals surface area contributed by atoms with Gasteiger partial charge in [0.25, 0.3) is 11.8 Å². The fourth-order valence-electron chi connectivity index (χ4n) is 3.37. The summed E-state index contributed by atoms with van der Waals surface area (Å²) >= 11 is 18.2. The van der Waals surface area contributed by atoms with Gasteiger partial charge in [-0.25, -0.2) is 9.69 Å². The van der Waals surface area contributed by atoms with Gasteiger partial charge in [-0.05, 0) is 66.6 Å². The summed E-state index contributed by atoms with van der Waals surface area (Å²) in [4.78, 5) is 39.1. The maximum atomic E-state index is 13.2. The summed E-state index contributed by atoms with van der Waals surface area (Å²) in [6.07, 6.45) is 1.35. The molecule has 1 aliphatic heterocycles. The van der Waals surface area contributed by atoms with Crippen LogP contribution in [0, 0.1) is 6.92 Å². The molecule has 172 valence electrons. The largest absolute Gasteiger partial charge is 0.488 e. The van der Waals surface area contributed by atoms with Crippen LogP contribution >= 0.6 is 34.8 Å². The Morgan fingerprint density at radius 2 is 1.74 bits per heavy atom. The van der Waals surface area contributed by atoms with Crippen molar-refractivity contribution >= 4 is 64.4 Å². The minimum atomic E-state index is -0.820. The molecule has 1 heterocycles. The molecule has 0 atom stereocenters. The zero-order valence-corrected chi connectivity index (χ0v) is 20.0. The SMILES string of the molecule is Cc1cccc(N2C(=O)NC(=O)/C(=C\c3cc(Cl)ccc3OCc3ccc(Cl)c(Cl)c3)C2=O)c1. The van der Waals surface area contributed by atoms with E-state index in [9.17, 15) is 14.4 Å². The summed E-state index contributed by atoms with van der Waals surface area (Å²) < 4.78 is 5.90. The van der Waals surface area contributed by atoms with Gasteiger partial charge in [0, 0.05) is 10.6 Å². The molecule has 1 N–H and O–H groups in total. The molecule has 34 heavy (non-hydrogen) atoms. The summed E-state index contributed by atoms with van der Waals surface area (Å²) in [7, 11) is 0. The third kappa shape index (κ3) is 5.09. The van der Waals surface area contributed by atoms with Crippen molar-refractivity contribution in [1.29, 1.82) is 0 Å². The van der Waals surface area contributed by atoms with Crippen LogP contribution in [0.25, 0.3) is 6.08 Å². The van der Waals surface area contributed by atoms with Crippen LogP contribution in [-0.2, 0) is 16.2 Å². The number of anilines is 1. The molecule has 3 aromatic rings. The van der Waals surface area contributed by atoms with Crippen LogP contribution in [0.15, 0.2) is 66.2 Å². The number of barbiturate groups is 1. The predicted molar refractivity (Wildman–Crippen MR) is 132 cm³/mol. The Hall–Kier alpha value is -3.32. The van der Waals surface area contributed by atoms with E-state index in [1.54, 1.807) is 54.6 Å². The number of amides is 4. The lowest BCUT2D eigenvalue weighted by molar-refractivity contribution is -0.122. The van der Waals surface area contributed by atoms with Gasteiger partial charge >= 0.3 is 6.03 Å². The van der Waals surface area contributed by atoms with Crippen molar-refractivity contribution in [1.82, 2.24) is 5.32 Å². The fourth-order valence-corrected chi connectivity index (χ4v) is 3.87. The number of nitrogens with one attached hydrogen (secondary N) is 1. The van der Waals surface area contributed by atoms with Gasteiger partial charge in [0.2, 0.25) is 0 Å². The third-order valence-electron chi connectivity index (χ3n) is 5.01. The first-order valence-electron chi connectivity index (χ1n) is 10.1. The van der Waals surface area contributed by atoms with Gasteiger partial charge in [-0.3, -0.25) is 14.9 Å². The number of carbonyl (C=O) groups is 3. The maximum Gasteiger partial charge on any atom is 0.335 e. The highest BCUT2D eigenvalue weighted by atomic mass is 35.5. The van der Waals surface area contributed by atoms with Gasteiger partial charge in [-0.15, -0.1) is 0 Å². The lowest BCUT2D eigenvalue weighted by atomic mass is 10.1. The molecule has 1 saturated heterocycles. The molecule has 0 saturated carbocycles. The van der Waals surface area contributed by atoms with Crippen LogP contribution in [0.1, 0.15) is 16.7 Å². The minimum absolute atomic E-state index is 0.155. The highest BCUT2D eigenvalue weighted by molar-refractivity contribution is 6.42. The number of nitrogens with zero attached hydrogens (tertiary/aromatic N) is 1. The standard InChI is InChI=1S/C25H17Cl3N2O4/c1-14-3-2-4-18(9-14)30-24(32)19(23(31)29-25(30)33)12-16-11-17(26)6-8-22(16)34-13-15-5-7-20(27)21(28)10-15/h2-12H,13H2,1H3,(H,29,31,33)/b19-12+. The van der Waals surface area contributed by atoms with Crippen molar-refractivity contribution in [3.05, 3.63) is 98.0 Å². The molecule has 0 spiro atoms. The molecule has 0 unspecified atom stereocenters. The Balaban J connectivity index is 1.67. The Bertz CT molecular complexity index is 1350. The van der Waals surface area contributed by atoms with E-state index in [1.807, 2.05) is 13.0 Å². The molecule has 1 fully saturated rings. The Morgan fingerprint density at radius 1 is 0.941 bits per heavy atom. The average molecular weight is 516 g/mol. The fraction of sp³-hybridized carbons (Fsp3) is 0.0800. The van der Waals surface area contributed by atoms with Crippen molar-refractivity contribution in [2.75, 3.05) is 4.90 Å². The molecule has 0 radical (unpaired) electrons. The van der Waals surface area contributed by atoms with E-state index in [-0.39, 0.29) is 12.2 Å². The number of hydrogen-bond acceptors (Lipinski definition) is 4. The molecule has 4 rings (SSSR count). The number of benzene rings is 3. The molecule has 1 aliphatic rings. The molecule has 9 heteroatoms. The quantitative estimate of drug-likeness (QED) is 0.324. The molecule has 6 nitrogen and oxygen atoms in total. The minimum Gasteiger partial charge on any atom is -0.488 e. The van der Waals surface area contributed by atoms with E-state index >= 15 is 0 Å². The van der Waals surface area contributed by atoms with Crippen molar-refractivity contribution in [3.8, 4) is 5.75 Å². The number of aryl methyl sites for hydroxylation is 1. The van der Waals surface area contributed by atoms with Crippen molar-refractivity contribution in [3.63, 3.8) is 0 Å². The number of ether oxygens (including phenoxy) is 1. The summed E-state index contributed by atoms with van der Waals surface area (Å²) in [5.41, 5.74) is 2.13. The normalized spacial score (nSPS) is 15.0. The molecule has 4 amide bonds. The summed E-state index contributed by atoms with van der Waals surface area (Å²) in [6, 6.07) is 16.0. The van der Waals surface area contributed by atoms with Crippen LogP contribution in [0.4, 0.5) is 10.5 Å². The van der Waals surface area contributed by atoms with Gasteiger partial charge in [0.1, 0.15) is 17.9 Å². The third-order valence-corrected chi connectivity index (χ3v) is 5.99. The van der Waals surface area contributed by atoms with Crippen LogP contribution in [-0.4, -0.2) is 17.8 Å². The van der Waals surface area contributed by atoms with E-state index in [1.165, 1.54) is 6.08 Å². The van der Waals surface area contributed by atoms with E-state index < -0.39 is 17.8 Å². The molecule has 0 aliphatic carbocycles. The van der Waals surface area contributed by atoms with Gasteiger partial charge in [0.05, 0.1) is 15.7 Å². The van der Waals surface area contributed by atoms with Crippen LogP contribution < -0.4 is 15.0 Å². The lowest BCUT2D eigenvalue weighted by Crippen LogP contribution is -2.54. The van der Waals surface area contributed by atoms with Gasteiger partial charge in [-0.2, -0.15) is 0 Å². The maximum absolute atomic E-state index is 13.2. The first kappa shape index (κ1) is 23.8. The monoisotopic (exact) mass is 514 g/mol. The van der Waals surface area contributed by atoms with E-state index in [4.69, 9.17) is 39.5 Å². The van der Waals surface area contributed by atoms with Crippen molar-refractivity contribution in [2.45, 2.75) is 13.5 Å². The smallest absolute Gasteiger partial charge is 0.335 e. The van der Waals surface area contributed by atoms with Crippen LogP contribution in [0.5, 0.6) is 5.75 Å². The summed E-state index contributed by atoms with van der Waals surface area (Å²) in [5, 5.41) is 3.41. The Labute approximate surface area is 210 Å². The second kappa shape index (κ2) is 9.89. The lowest BCUT2D eigenvalue weighted by Gasteiger charge is -2.26. The summed E-state index contributed by atoms with van der Waals surface area (Å²) in [5.74, 6) is -1.19. The number of hydrogen-bond donors (Lipinski definition) is 1. The Kier molecular flexibility index (Phi) is 6.93. The van der Waals surface area contributed by atoms with Crippen molar-refractivity contribution < 1.29 is 19.1 Å². The zero-order valence-electron chi connectivity index (χ0n) is 17.8. The molecule has 3 aromatic carbocycles. The van der Waals surface area contributed by atoms with E-state index in [2.05, 4.69) is 5.32 Å². The first-order valence-corrected chi connectivity index (χ1v) is 11.2. The van der Waals surface area contributed by atoms with E-state index in [0.717, 1.165) is 16.0 Å². The number of carbonyl (C=O) groups excluding carboxylic acids is 3. The zero-order chi connectivity index (χ0) is 24.4. The number of rotatable bonds is 5. The van der Waals surface area contributed by atoms with E-state index in [0.29, 0.717) is 32.1 Å². The average Bonchev–Trinajstić information content (AvgIpc) is 2.78. The second-order valence-corrected chi connectivity index (χ2v) is 8.77. The predicted octanol–water partition coefficient (Wildman–Crippen LogP) is 6.20. The first-order chi connectivity index (χ1) is 16.2. The number of imide groups is 2. The number of urea groups is 1. The van der Waals surface area contributed by atoms with Gasteiger partial charge < -0.3 is 4.74 Å². The Morgan fingerprint density at radius 3 is 2.47 bits per heavy atom. The topological polar surface area (TPSA) is 75.7 Å². The van der Waals surface area contributed by atoms with Gasteiger partial charge in [0.15, 0.2) is 0 Å². The highest BCUT2D eigenvalue weighted by Crippen LogP contribution is 2.29. The van der Waals surface area contributed by atoms with Crippen LogP contribution in [0.2, 0.25) is 15.1 Å². The number of halogens is 3. The molecule has 0 bridgehead atoms. The highest BCUT2D eigenvalue weighted by Gasteiger charge is 2.37. The molecular weight excluding hydrogens is 499 g/mol.